The Bertz CT molecular complexity index is 1290. The number of aromatic nitrogens is 1. The highest BCUT2D eigenvalue weighted by molar-refractivity contribution is 5.86. The molecular weight excluding hydrogens is 386 g/mol. The molecule has 1 nitrogen and oxygen atoms in total. The van der Waals surface area contributed by atoms with Crippen molar-refractivity contribution in [1.29, 1.82) is 0 Å². The normalized spacial score (nSPS) is 11.0. The summed E-state index contributed by atoms with van der Waals surface area (Å²) in [5.41, 5.74) is 10.2. The second kappa shape index (κ2) is 9.20. The SMILES string of the molecule is CCCC[n+]1c(-c2ccccc2)cc(-c2ccccc2)cc1-c1ccc2cccccc1-2. The van der Waals surface area contributed by atoms with Gasteiger partial charge in [-0.25, -0.2) is 0 Å². The molecule has 2 aromatic carbocycles. The van der Waals surface area contributed by atoms with Gasteiger partial charge in [0.05, 0.1) is 5.56 Å². The Balaban J connectivity index is 1.81. The lowest BCUT2D eigenvalue weighted by Gasteiger charge is -2.13. The molecule has 0 saturated carbocycles. The first-order valence-electron chi connectivity index (χ1n) is 11.5. The standard InChI is InChI=1S/C31H28N/c1-2-3-21-32-30(26-16-10-5-11-17-26)22-27(24-13-7-4-8-14-24)23-31(32)29-20-19-25-15-9-6-12-18-28(25)29/h4-20,22-23H,2-3,21H2,1H3/q+1. The Kier molecular flexibility index (Phi) is 5.81. The molecular formula is C31H28N+. The van der Waals surface area contributed by atoms with Gasteiger partial charge in [0.25, 0.3) is 0 Å². The molecule has 0 N–H and O–H groups in total. The average molecular weight is 415 g/mol. The minimum Gasteiger partial charge on any atom is -0.191 e. The van der Waals surface area contributed by atoms with Gasteiger partial charge in [-0.2, -0.15) is 4.57 Å². The van der Waals surface area contributed by atoms with E-state index in [9.17, 15) is 0 Å². The van der Waals surface area contributed by atoms with Crippen molar-refractivity contribution in [1.82, 2.24) is 0 Å². The van der Waals surface area contributed by atoms with E-state index in [-0.39, 0.29) is 0 Å². The van der Waals surface area contributed by atoms with E-state index in [0.717, 1.165) is 19.4 Å². The highest BCUT2D eigenvalue weighted by Crippen LogP contribution is 2.36. The van der Waals surface area contributed by atoms with E-state index >= 15 is 0 Å². The van der Waals surface area contributed by atoms with Crippen LogP contribution in [0.1, 0.15) is 19.8 Å². The second-order valence-electron chi connectivity index (χ2n) is 8.28. The Labute approximate surface area is 191 Å². The van der Waals surface area contributed by atoms with Crippen LogP contribution in [0.4, 0.5) is 0 Å². The van der Waals surface area contributed by atoms with Crippen molar-refractivity contribution >= 4 is 0 Å². The van der Waals surface area contributed by atoms with Crippen molar-refractivity contribution in [2.45, 2.75) is 26.3 Å². The summed E-state index contributed by atoms with van der Waals surface area (Å²) in [5, 5.41) is 0. The smallest absolute Gasteiger partial charge is 0.191 e. The lowest BCUT2D eigenvalue weighted by molar-refractivity contribution is -0.675. The van der Waals surface area contributed by atoms with Crippen molar-refractivity contribution in [3.63, 3.8) is 0 Å². The minimum absolute atomic E-state index is 0.997. The third-order valence-electron chi connectivity index (χ3n) is 6.15. The zero-order valence-corrected chi connectivity index (χ0v) is 18.5. The fourth-order valence-corrected chi connectivity index (χ4v) is 4.49. The molecule has 0 aliphatic heterocycles. The summed E-state index contributed by atoms with van der Waals surface area (Å²) in [4.78, 5) is 0. The predicted octanol–water partition coefficient (Wildman–Crippen LogP) is 7.88. The maximum Gasteiger partial charge on any atom is 0.214 e. The van der Waals surface area contributed by atoms with Crippen LogP contribution < -0.4 is 4.57 Å². The lowest BCUT2D eigenvalue weighted by Crippen LogP contribution is -2.39. The van der Waals surface area contributed by atoms with Crippen LogP contribution in [0, 0.1) is 0 Å². The topological polar surface area (TPSA) is 3.88 Å². The van der Waals surface area contributed by atoms with Gasteiger partial charge in [0, 0.05) is 24.1 Å². The van der Waals surface area contributed by atoms with Crippen LogP contribution in [0.25, 0.3) is 44.8 Å². The molecule has 2 aliphatic rings. The Morgan fingerprint density at radius 2 is 1.09 bits per heavy atom. The van der Waals surface area contributed by atoms with Gasteiger partial charge in [-0.3, -0.25) is 0 Å². The van der Waals surface area contributed by atoms with Crippen molar-refractivity contribution in [3.05, 3.63) is 115 Å². The third kappa shape index (κ3) is 3.94. The monoisotopic (exact) mass is 414 g/mol. The van der Waals surface area contributed by atoms with Crippen LogP contribution in [-0.2, 0) is 6.54 Å². The van der Waals surface area contributed by atoms with E-state index in [0.29, 0.717) is 0 Å². The van der Waals surface area contributed by atoms with E-state index < -0.39 is 0 Å². The zero-order valence-electron chi connectivity index (χ0n) is 18.5. The Hall–Kier alpha value is -3.71. The van der Waals surface area contributed by atoms with Crippen LogP contribution in [0.5, 0.6) is 0 Å². The minimum atomic E-state index is 0.997. The van der Waals surface area contributed by atoms with Gasteiger partial charge >= 0.3 is 0 Å². The van der Waals surface area contributed by atoms with Crippen molar-refractivity contribution in [2.24, 2.45) is 0 Å². The highest BCUT2D eigenvalue weighted by atomic mass is 15.0. The summed E-state index contributed by atoms with van der Waals surface area (Å²) in [5.74, 6) is 0. The summed E-state index contributed by atoms with van der Waals surface area (Å²) < 4.78 is 2.52. The molecule has 0 unspecified atom stereocenters. The number of unbranched alkanes of at least 4 members (excludes halogenated alkanes) is 1. The Morgan fingerprint density at radius 3 is 1.78 bits per heavy atom. The highest BCUT2D eigenvalue weighted by Gasteiger charge is 2.25. The second-order valence-corrected chi connectivity index (χ2v) is 8.28. The molecule has 0 fully saturated rings. The molecule has 0 bridgehead atoms. The van der Waals surface area contributed by atoms with Gasteiger partial charge in [0.2, 0.25) is 11.4 Å². The molecule has 1 aromatic heterocycles. The van der Waals surface area contributed by atoms with Crippen LogP contribution in [0.15, 0.2) is 115 Å². The molecule has 32 heavy (non-hydrogen) atoms. The molecule has 156 valence electrons. The molecule has 0 amide bonds. The largest absolute Gasteiger partial charge is 0.214 e. The van der Waals surface area contributed by atoms with Gasteiger partial charge in [-0.05, 0) is 40.5 Å². The first-order valence-corrected chi connectivity index (χ1v) is 11.5. The quantitative estimate of drug-likeness (QED) is 0.249. The summed E-state index contributed by atoms with van der Waals surface area (Å²) in [6.45, 7) is 3.26. The fraction of sp³-hybridized carbons (Fsp3) is 0.129. The summed E-state index contributed by atoms with van der Waals surface area (Å²) in [6, 6.07) is 41.6. The van der Waals surface area contributed by atoms with Gasteiger partial charge in [-0.1, -0.05) is 98.3 Å². The van der Waals surface area contributed by atoms with E-state index in [1.807, 2.05) is 0 Å². The number of hydrogen-bond acceptors (Lipinski definition) is 0. The van der Waals surface area contributed by atoms with Crippen molar-refractivity contribution < 1.29 is 4.57 Å². The summed E-state index contributed by atoms with van der Waals surface area (Å²) >= 11 is 0. The number of benzene rings is 2. The maximum absolute atomic E-state index is 2.52. The fourth-order valence-electron chi connectivity index (χ4n) is 4.49. The molecule has 1 heterocycles. The van der Waals surface area contributed by atoms with E-state index in [2.05, 4.69) is 127 Å². The molecule has 2 aliphatic carbocycles. The van der Waals surface area contributed by atoms with Gasteiger partial charge in [-0.15, -0.1) is 0 Å². The number of hydrogen-bond donors (Lipinski definition) is 0. The lowest BCUT2D eigenvalue weighted by atomic mass is 9.98. The first kappa shape index (κ1) is 20.2. The van der Waals surface area contributed by atoms with Crippen LogP contribution >= 0.6 is 0 Å². The molecule has 0 saturated heterocycles. The summed E-state index contributed by atoms with van der Waals surface area (Å²) in [6.07, 6.45) is 2.31. The number of rotatable bonds is 6. The third-order valence-corrected chi connectivity index (χ3v) is 6.15. The van der Waals surface area contributed by atoms with Gasteiger partial charge < -0.3 is 0 Å². The van der Waals surface area contributed by atoms with Crippen molar-refractivity contribution in [2.75, 3.05) is 0 Å². The molecule has 0 radical (unpaired) electrons. The predicted molar refractivity (Wildman–Crippen MR) is 134 cm³/mol. The maximum atomic E-state index is 2.52. The van der Waals surface area contributed by atoms with E-state index in [1.165, 1.54) is 44.8 Å². The van der Waals surface area contributed by atoms with Crippen molar-refractivity contribution in [3.8, 4) is 44.8 Å². The number of nitrogens with zero attached hydrogens (tertiary/aromatic N) is 1. The van der Waals surface area contributed by atoms with Crippen LogP contribution in [0.3, 0.4) is 0 Å². The number of fused-ring (bicyclic) bond motifs is 1. The zero-order chi connectivity index (χ0) is 21.8. The number of pyridine rings is 1. The first-order chi connectivity index (χ1) is 15.8. The van der Waals surface area contributed by atoms with Crippen LogP contribution in [-0.4, -0.2) is 0 Å². The average Bonchev–Trinajstić information content (AvgIpc) is 3.11. The molecule has 0 atom stereocenters. The van der Waals surface area contributed by atoms with E-state index in [1.54, 1.807) is 0 Å². The molecule has 1 heteroatoms. The van der Waals surface area contributed by atoms with Gasteiger partial charge in [0.1, 0.15) is 6.54 Å². The molecule has 3 aromatic rings. The molecule has 5 rings (SSSR count). The van der Waals surface area contributed by atoms with E-state index in [4.69, 9.17) is 0 Å². The Morgan fingerprint density at radius 1 is 0.500 bits per heavy atom. The van der Waals surface area contributed by atoms with Crippen LogP contribution in [0.2, 0.25) is 0 Å². The van der Waals surface area contributed by atoms with Gasteiger partial charge in [0.15, 0.2) is 0 Å². The summed E-state index contributed by atoms with van der Waals surface area (Å²) in [7, 11) is 0. The molecule has 0 spiro atoms.